The fraction of sp³-hybridized carbons (Fsp3) is 0.130. The number of hydrogen-bond donors (Lipinski definition) is 2. The molecule has 0 saturated carbocycles. The summed E-state index contributed by atoms with van der Waals surface area (Å²) in [6, 6.07) is 0. The highest BCUT2D eigenvalue weighted by Crippen LogP contribution is 2.25. The highest BCUT2D eigenvalue weighted by atomic mass is 16.5. The SMILES string of the molecule is CCC(N)(N)OC1=CC2=CC3=NC(=CC4=NC(=CC5=NC(=CC1=N2)C=C5)C=C4)C=C3. The number of ether oxygens (including phenoxy) is 1. The molecule has 0 saturated heterocycles. The monoisotopic (exact) mass is 396 g/mol. The zero-order valence-electron chi connectivity index (χ0n) is 16.4. The minimum atomic E-state index is -1.28. The molecule has 0 aromatic heterocycles. The second kappa shape index (κ2) is 6.98. The van der Waals surface area contributed by atoms with Crippen LogP contribution in [-0.4, -0.2) is 28.7 Å². The zero-order chi connectivity index (χ0) is 20.7. The van der Waals surface area contributed by atoms with Crippen LogP contribution in [0.15, 0.2) is 115 Å². The lowest BCUT2D eigenvalue weighted by Crippen LogP contribution is -2.51. The van der Waals surface area contributed by atoms with Crippen LogP contribution in [0.2, 0.25) is 0 Å². The van der Waals surface area contributed by atoms with Gasteiger partial charge in [0.2, 0.25) is 5.85 Å². The van der Waals surface area contributed by atoms with E-state index < -0.39 is 5.85 Å². The maximum atomic E-state index is 6.02. The van der Waals surface area contributed by atoms with Gasteiger partial charge in [-0.05, 0) is 60.8 Å². The van der Waals surface area contributed by atoms with E-state index in [0.29, 0.717) is 23.6 Å². The van der Waals surface area contributed by atoms with Gasteiger partial charge in [0.1, 0.15) is 5.71 Å². The number of nitrogens with zero attached hydrogens (tertiary/aromatic N) is 4. The molecule has 0 aromatic rings. The van der Waals surface area contributed by atoms with Gasteiger partial charge in [0, 0.05) is 12.5 Å². The molecule has 8 bridgehead atoms. The minimum absolute atomic E-state index is 0.447. The Labute approximate surface area is 174 Å². The molecule has 5 aliphatic rings. The summed E-state index contributed by atoms with van der Waals surface area (Å²) in [6.45, 7) is 1.87. The molecule has 0 spiro atoms. The molecule has 148 valence electrons. The van der Waals surface area contributed by atoms with Crippen LogP contribution in [0.5, 0.6) is 0 Å². The Morgan fingerprint density at radius 2 is 1.17 bits per heavy atom. The lowest BCUT2D eigenvalue weighted by atomic mass is 10.2. The molecule has 0 atom stereocenters. The Morgan fingerprint density at radius 1 is 0.667 bits per heavy atom. The molecule has 0 fully saturated rings. The number of hydrogen-bond acceptors (Lipinski definition) is 7. The summed E-state index contributed by atoms with van der Waals surface area (Å²) in [7, 11) is 0. The predicted molar refractivity (Wildman–Crippen MR) is 120 cm³/mol. The summed E-state index contributed by atoms with van der Waals surface area (Å²) in [5.41, 5.74) is 18.2. The van der Waals surface area contributed by atoms with Crippen LogP contribution in [0.3, 0.4) is 0 Å². The quantitative estimate of drug-likeness (QED) is 0.716. The molecular weight excluding hydrogens is 376 g/mol. The van der Waals surface area contributed by atoms with Crippen LogP contribution in [0.1, 0.15) is 13.3 Å². The minimum Gasteiger partial charge on any atom is -0.458 e. The Morgan fingerprint density at radius 3 is 1.70 bits per heavy atom. The molecule has 5 aliphatic heterocycles. The summed E-state index contributed by atoms with van der Waals surface area (Å²) >= 11 is 0. The van der Waals surface area contributed by atoms with Gasteiger partial charge in [0.25, 0.3) is 0 Å². The first-order chi connectivity index (χ1) is 14.5. The van der Waals surface area contributed by atoms with Crippen molar-refractivity contribution < 1.29 is 4.74 Å². The van der Waals surface area contributed by atoms with Crippen molar-refractivity contribution >= 4 is 22.8 Å². The summed E-state index contributed by atoms with van der Waals surface area (Å²) in [4.78, 5) is 18.5. The number of rotatable bonds is 3. The maximum Gasteiger partial charge on any atom is 0.212 e. The standard InChI is InChI=1S/C23H20N6O/c1-2-23(24,25)30-22-13-20-11-18-6-5-16(27-18)9-14-3-4-15(26-14)10-17-7-8-19(28-17)12-21(22)29-20/h3-13H,2,24-25H2,1H3. The lowest BCUT2D eigenvalue weighted by Gasteiger charge is -2.24. The lowest BCUT2D eigenvalue weighted by molar-refractivity contribution is 0.0199. The molecular formula is C23H20N6O. The van der Waals surface area contributed by atoms with E-state index in [1.54, 1.807) is 0 Å². The third-order valence-electron chi connectivity index (χ3n) is 4.85. The third-order valence-corrected chi connectivity index (χ3v) is 4.85. The summed E-state index contributed by atoms with van der Waals surface area (Å²) in [5.74, 6) is -0.777. The van der Waals surface area contributed by atoms with Crippen LogP contribution in [0.4, 0.5) is 0 Å². The van der Waals surface area contributed by atoms with Crippen LogP contribution in [0.25, 0.3) is 0 Å². The van der Waals surface area contributed by atoms with Crippen LogP contribution in [-0.2, 0) is 4.74 Å². The number of allylic oxidation sites excluding steroid dienone is 11. The fourth-order valence-electron chi connectivity index (χ4n) is 3.23. The zero-order valence-corrected chi connectivity index (χ0v) is 16.4. The van der Waals surface area contributed by atoms with Gasteiger partial charge >= 0.3 is 0 Å². The predicted octanol–water partition coefficient (Wildman–Crippen LogP) is 2.90. The molecule has 5 rings (SSSR count). The van der Waals surface area contributed by atoms with Crippen LogP contribution < -0.4 is 11.5 Å². The van der Waals surface area contributed by atoms with Gasteiger partial charge < -0.3 is 4.74 Å². The molecule has 7 heteroatoms. The first kappa shape index (κ1) is 18.4. The van der Waals surface area contributed by atoms with E-state index in [1.165, 1.54) is 0 Å². The smallest absolute Gasteiger partial charge is 0.212 e. The number of fused-ring (bicyclic) bond motifs is 4. The Balaban J connectivity index is 1.61. The van der Waals surface area contributed by atoms with E-state index in [4.69, 9.17) is 16.2 Å². The molecule has 0 unspecified atom stereocenters. The highest BCUT2D eigenvalue weighted by molar-refractivity contribution is 6.15. The Kier molecular flexibility index (Phi) is 4.27. The molecule has 7 nitrogen and oxygen atoms in total. The van der Waals surface area contributed by atoms with Gasteiger partial charge in [0.15, 0.2) is 5.76 Å². The van der Waals surface area contributed by atoms with Gasteiger partial charge in [-0.3, -0.25) is 11.5 Å². The van der Waals surface area contributed by atoms with Crippen molar-refractivity contribution in [3.63, 3.8) is 0 Å². The average molecular weight is 396 g/mol. The second-order valence-corrected chi connectivity index (χ2v) is 7.30. The van der Waals surface area contributed by atoms with Crippen molar-refractivity contribution in [1.29, 1.82) is 0 Å². The van der Waals surface area contributed by atoms with Gasteiger partial charge in [0.05, 0.1) is 39.9 Å². The first-order valence-electron chi connectivity index (χ1n) is 9.70. The molecule has 30 heavy (non-hydrogen) atoms. The molecule has 0 aliphatic carbocycles. The van der Waals surface area contributed by atoms with Gasteiger partial charge in [-0.25, -0.2) is 20.0 Å². The molecule has 0 radical (unpaired) electrons. The maximum absolute atomic E-state index is 6.02. The van der Waals surface area contributed by atoms with Crippen LogP contribution >= 0.6 is 0 Å². The molecule has 4 N–H and O–H groups in total. The topological polar surface area (TPSA) is 111 Å². The van der Waals surface area contributed by atoms with Gasteiger partial charge in [-0.2, -0.15) is 0 Å². The Hall–Kier alpha value is -3.68. The Bertz CT molecular complexity index is 1210. The van der Waals surface area contributed by atoms with Crippen molar-refractivity contribution in [3.8, 4) is 0 Å². The summed E-state index contributed by atoms with van der Waals surface area (Å²) in [6.07, 6.45) is 21.5. The second-order valence-electron chi connectivity index (χ2n) is 7.30. The first-order valence-corrected chi connectivity index (χ1v) is 9.70. The van der Waals surface area contributed by atoms with E-state index >= 15 is 0 Å². The molecule has 0 aromatic carbocycles. The number of nitrogens with two attached hydrogens (primary N) is 2. The van der Waals surface area contributed by atoms with Crippen molar-refractivity contribution in [2.75, 3.05) is 0 Å². The largest absolute Gasteiger partial charge is 0.458 e. The van der Waals surface area contributed by atoms with Crippen molar-refractivity contribution in [1.82, 2.24) is 0 Å². The average Bonchev–Trinajstić information content (AvgIpc) is 3.47. The van der Waals surface area contributed by atoms with Crippen molar-refractivity contribution in [3.05, 3.63) is 95.4 Å². The van der Waals surface area contributed by atoms with E-state index in [1.807, 2.05) is 73.8 Å². The summed E-state index contributed by atoms with van der Waals surface area (Å²) in [5, 5.41) is 0. The van der Waals surface area contributed by atoms with E-state index in [-0.39, 0.29) is 0 Å². The van der Waals surface area contributed by atoms with Gasteiger partial charge in [-0.1, -0.05) is 6.92 Å². The summed E-state index contributed by atoms with van der Waals surface area (Å²) < 4.78 is 5.85. The molecule has 0 amide bonds. The van der Waals surface area contributed by atoms with Crippen molar-refractivity contribution in [2.45, 2.75) is 19.2 Å². The fourth-order valence-corrected chi connectivity index (χ4v) is 3.23. The van der Waals surface area contributed by atoms with Crippen molar-refractivity contribution in [2.24, 2.45) is 31.4 Å². The third kappa shape index (κ3) is 3.76. The molecule has 5 heterocycles. The highest BCUT2D eigenvalue weighted by Gasteiger charge is 2.25. The number of aliphatic imine (C=N–C) groups is 4. The van der Waals surface area contributed by atoms with E-state index in [0.717, 1.165) is 34.2 Å². The van der Waals surface area contributed by atoms with Crippen LogP contribution in [0, 0.1) is 0 Å². The van der Waals surface area contributed by atoms with E-state index in [9.17, 15) is 0 Å². The van der Waals surface area contributed by atoms with Gasteiger partial charge in [-0.15, -0.1) is 0 Å². The normalized spacial score (nSPS) is 21.4. The van der Waals surface area contributed by atoms with E-state index in [2.05, 4.69) is 20.0 Å².